The Labute approximate surface area is 452 Å². The minimum atomic E-state index is -0.0256. The van der Waals surface area contributed by atoms with Crippen LogP contribution in [0, 0.1) is 6.92 Å². The van der Waals surface area contributed by atoms with Crippen molar-refractivity contribution in [3.8, 4) is 22.3 Å². The second-order valence-corrected chi connectivity index (χ2v) is 28.9. The van der Waals surface area contributed by atoms with Crippen molar-refractivity contribution in [1.82, 2.24) is 0 Å². The lowest BCUT2D eigenvalue weighted by Gasteiger charge is -2.44. The second-order valence-electron chi connectivity index (χ2n) is 27.8. The topological polar surface area (TPSA) is 6.48 Å². The Morgan fingerprint density at radius 3 is 1.80 bits per heavy atom. The zero-order valence-electron chi connectivity index (χ0n) is 46.9. The Bertz CT molecular complexity index is 3720. The Hall–Kier alpha value is -5.84. The molecule has 0 N–H and O–H groups in total. The SMILES string of the molecule is Cc1cc2c3c(c1)N(c1ccc(-c4ccc5c(c4)C(C)(C)CCC5(C)C)cc1)c1c(sc4cc5c(cc14)C(C)(C)CCC5(C)C)B3c1cc(C(C)(C)C)ccc1N2c1cccc2c1-c1ccccc1C21CCCCC1. The van der Waals surface area contributed by atoms with E-state index in [0.29, 0.717) is 0 Å². The van der Waals surface area contributed by atoms with E-state index in [2.05, 4.69) is 232 Å². The molecule has 6 aliphatic rings. The minimum Gasteiger partial charge on any atom is -0.311 e. The van der Waals surface area contributed by atoms with Gasteiger partial charge in [0.05, 0.1) is 11.4 Å². The molecule has 0 unspecified atom stereocenters. The van der Waals surface area contributed by atoms with Crippen LogP contribution in [0.3, 0.4) is 0 Å². The lowest BCUT2D eigenvalue weighted by atomic mass is 9.36. The summed E-state index contributed by atoms with van der Waals surface area (Å²) in [5.74, 6) is 0. The summed E-state index contributed by atoms with van der Waals surface area (Å²) in [6.07, 6.45) is 11.1. The van der Waals surface area contributed by atoms with Crippen molar-refractivity contribution >= 4 is 78.0 Å². The molecule has 1 spiro atoms. The molecule has 4 heteroatoms. The lowest BCUT2D eigenvalue weighted by molar-refractivity contribution is 0.332. The smallest absolute Gasteiger partial charge is 0.264 e. The third-order valence-electron chi connectivity index (χ3n) is 20.2. The molecule has 7 aromatic carbocycles. The van der Waals surface area contributed by atoms with Crippen molar-refractivity contribution in [2.24, 2.45) is 0 Å². The van der Waals surface area contributed by atoms with E-state index in [0.717, 1.165) is 0 Å². The van der Waals surface area contributed by atoms with Crippen LogP contribution in [0.5, 0.6) is 0 Å². The van der Waals surface area contributed by atoms with Gasteiger partial charge in [-0.05, 0) is 193 Å². The van der Waals surface area contributed by atoms with Crippen molar-refractivity contribution in [2.75, 3.05) is 9.80 Å². The molecular weight excluding hydrogens is 924 g/mol. The third-order valence-corrected chi connectivity index (χ3v) is 21.4. The second kappa shape index (κ2) is 15.9. The van der Waals surface area contributed by atoms with Crippen molar-refractivity contribution in [3.05, 3.63) is 172 Å². The minimum absolute atomic E-state index is 0.0256. The summed E-state index contributed by atoms with van der Waals surface area (Å²) in [5.41, 5.74) is 28.5. The van der Waals surface area contributed by atoms with Gasteiger partial charge >= 0.3 is 0 Å². The van der Waals surface area contributed by atoms with Gasteiger partial charge in [-0.2, -0.15) is 0 Å². The molecule has 2 aliphatic heterocycles. The van der Waals surface area contributed by atoms with E-state index in [-0.39, 0.29) is 39.2 Å². The predicted molar refractivity (Wildman–Crippen MR) is 325 cm³/mol. The van der Waals surface area contributed by atoms with Crippen LogP contribution in [0.25, 0.3) is 32.3 Å². The zero-order chi connectivity index (χ0) is 51.9. The van der Waals surface area contributed by atoms with Crippen LogP contribution in [-0.2, 0) is 32.5 Å². The molecule has 3 heterocycles. The van der Waals surface area contributed by atoms with E-state index in [1.807, 2.05) is 0 Å². The molecule has 0 bridgehead atoms. The van der Waals surface area contributed by atoms with Gasteiger partial charge in [0.1, 0.15) is 0 Å². The van der Waals surface area contributed by atoms with Crippen molar-refractivity contribution in [1.29, 1.82) is 0 Å². The summed E-state index contributed by atoms with van der Waals surface area (Å²) in [7, 11) is 0. The van der Waals surface area contributed by atoms with Crippen LogP contribution >= 0.6 is 11.3 Å². The number of anilines is 6. The molecule has 14 rings (SSSR count). The van der Waals surface area contributed by atoms with Gasteiger partial charge in [0.25, 0.3) is 6.71 Å². The molecule has 8 aromatic rings. The number of thiophene rings is 1. The summed E-state index contributed by atoms with van der Waals surface area (Å²) in [4.78, 5) is 5.44. The Morgan fingerprint density at radius 2 is 1.11 bits per heavy atom. The number of benzene rings is 7. The molecular formula is C71H75BN2S. The predicted octanol–water partition coefficient (Wildman–Crippen LogP) is 18.2. The molecule has 4 aliphatic carbocycles. The monoisotopic (exact) mass is 999 g/mol. The van der Waals surface area contributed by atoms with Crippen LogP contribution in [0.1, 0.15) is 178 Å². The summed E-state index contributed by atoms with van der Waals surface area (Å²) < 4.78 is 2.86. The Kier molecular flexibility index (Phi) is 10.1. The van der Waals surface area contributed by atoms with Crippen molar-refractivity contribution < 1.29 is 0 Å². The van der Waals surface area contributed by atoms with Crippen LogP contribution < -0.4 is 25.5 Å². The normalized spacial score (nSPS) is 19.7. The maximum absolute atomic E-state index is 2.73. The fourth-order valence-corrected chi connectivity index (χ4v) is 17.0. The summed E-state index contributed by atoms with van der Waals surface area (Å²) >= 11 is 2.07. The van der Waals surface area contributed by atoms with Gasteiger partial charge in [-0.3, -0.25) is 0 Å². The van der Waals surface area contributed by atoms with Crippen LogP contribution in [0.4, 0.5) is 34.1 Å². The maximum Gasteiger partial charge on any atom is 0.264 e. The van der Waals surface area contributed by atoms with Crippen LogP contribution in [0.2, 0.25) is 0 Å². The first-order valence-electron chi connectivity index (χ1n) is 28.7. The van der Waals surface area contributed by atoms with Gasteiger partial charge in [0, 0.05) is 48.6 Å². The van der Waals surface area contributed by atoms with E-state index >= 15 is 0 Å². The fourth-order valence-electron chi connectivity index (χ4n) is 15.6. The molecule has 1 fully saturated rings. The van der Waals surface area contributed by atoms with E-state index in [4.69, 9.17) is 0 Å². The molecule has 0 radical (unpaired) electrons. The number of hydrogen-bond donors (Lipinski definition) is 0. The standard InChI is InChI=1S/C71H75BN2S/c1-43-37-59-63-60(38-43)74(58-22-18-21-52-62(58)48-19-14-15-20-50(48)71(52)31-16-13-17-32-71)57-30-26-46(66(2,3)4)40-56(57)72(63)65-64(49-41-54-55(42-61(49)75-65)70(11,12)36-35-69(54,9)10)73(59)47-27-23-44(24-28-47)45-25-29-51-53(39-45)68(7,8)34-33-67(51,5)6/h14-15,18-30,37-42H,13,16-17,31-36H2,1-12H3. The molecule has 0 saturated heterocycles. The Balaban J connectivity index is 1.04. The first-order valence-corrected chi connectivity index (χ1v) is 29.5. The van der Waals surface area contributed by atoms with E-state index in [1.54, 1.807) is 0 Å². The third kappa shape index (κ3) is 6.82. The average Bonchev–Trinajstić information content (AvgIpc) is 4.02. The highest BCUT2D eigenvalue weighted by molar-refractivity contribution is 7.33. The molecule has 0 atom stereocenters. The maximum atomic E-state index is 2.73. The van der Waals surface area contributed by atoms with Crippen molar-refractivity contribution in [3.63, 3.8) is 0 Å². The molecule has 1 aromatic heterocycles. The number of rotatable bonds is 3. The first-order chi connectivity index (χ1) is 35.7. The van der Waals surface area contributed by atoms with E-state index in [9.17, 15) is 0 Å². The molecule has 75 heavy (non-hydrogen) atoms. The average molecular weight is 999 g/mol. The van der Waals surface area contributed by atoms with Gasteiger partial charge in [0.2, 0.25) is 0 Å². The summed E-state index contributed by atoms with van der Waals surface area (Å²) in [5, 5.41) is 1.39. The Morgan fingerprint density at radius 1 is 0.493 bits per heavy atom. The van der Waals surface area contributed by atoms with Crippen LogP contribution in [0.15, 0.2) is 127 Å². The van der Waals surface area contributed by atoms with Gasteiger partial charge in [0.15, 0.2) is 0 Å². The molecule has 378 valence electrons. The number of aryl methyl sites for hydroxylation is 1. The zero-order valence-corrected chi connectivity index (χ0v) is 47.7. The summed E-state index contributed by atoms with van der Waals surface area (Å²) in [6.45, 7) is 29.3. The fraction of sp³-hybridized carbons (Fsp3) is 0.380. The largest absolute Gasteiger partial charge is 0.311 e. The van der Waals surface area contributed by atoms with Crippen molar-refractivity contribution in [2.45, 2.75) is 173 Å². The van der Waals surface area contributed by atoms with E-state index < -0.39 is 0 Å². The molecule has 0 amide bonds. The highest BCUT2D eigenvalue weighted by atomic mass is 32.1. The van der Waals surface area contributed by atoms with E-state index in [1.165, 1.54) is 184 Å². The van der Waals surface area contributed by atoms with Gasteiger partial charge in [-0.15, -0.1) is 11.3 Å². The van der Waals surface area contributed by atoms with Gasteiger partial charge in [-0.1, -0.05) is 174 Å². The van der Waals surface area contributed by atoms with Gasteiger partial charge in [-0.25, -0.2) is 0 Å². The quantitative estimate of drug-likeness (QED) is 0.163. The lowest BCUT2D eigenvalue weighted by Crippen LogP contribution is -2.60. The van der Waals surface area contributed by atoms with Crippen LogP contribution in [-0.4, -0.2) is 6.71 Å². The highest BCUT2D eigenvalue weighted by Gasteiger charge is 2.50. The highest BCUT2D eigenvalue weighted by Crippen LogP contribution is 2.60. The number of nitrogens with zero attached hydrogens (tertiary/aromatic N) is 2. The number of fused-ring (bicyclic) bond motifs is 13. The summed E-state index contributed by atoms with van der Waals surface area (Å²) in [6, 6.07) is 51.8. The molecule has 1 saturated carbocycles. The van der Waals surface area contributed by atoms with Gasteiger partial charge < -0.3 is 9.80 Å². The number of hydrogen-bond acceptors (Lipinski definition) is 3. The first kappa shape index (κ1) is 47.6. The molecule has 2 nitrogen and oxygen atoms in total.